The van der Waals surface area contributed by atoms with Crippen molar-refractivity contribution < 1.29 is 9.53 Å². The van der Waals surface area contributed by atoms with E-state index in [1.54, 1.807) is 29.4 Å². The van der Waals surface area contributed by atoms with Crippen LogP contribution in [0.1, 0.15) is 5.56 Å². The van der Waals surface area contributed by atoms with E-state index in [4.69, 9.17) is 4.74 Å². The smallest absolute Gasteiger partial charge is 0.251 e. The number of nitrogens with zero attached hydrogens (tertiary/aromatic N) is 2. The molecule has 0 bridgehead atoms. The van der Waals surface area contributed by atoms with Crippen molar-refractivity contribution in [3.8, 4) is 5.75 Å². The van der Waals surface area contributed by atoms with Crippen molar-refractivity contribution in [3.63, 3.8) is 0 Å². The van der Waals surface area contributed by atoms with Crippen LogP contribution < -0.4 is 9.64 Å². The van der Waals surface area contributed by atoms with Gasteiger partial charge in [-0.25, -0.2) is 0 Å². The molecule has 1 amide bonds. The summed E-state index contributed by atoms with van der Waals surface area (Å²) in [5, 5.41) is 0. The van der Waals surface area contributed by atoms with Crippen LogP contribution in [0.15, 0.2) is 54.9 Å². The fraction of sp³-hybridized carbons (Fsp3) is 0.125. The topological polar surface area (TPSA) is 42.4 Å². The summed E-state index contributed by atoms with van der Waals surface area (Å²) in [5.74, 6) is 0.710. The molecule has 3 rings (SSSR count). The first-order chi connectivity index (χ1) is 9.84. The lowest BCUT2D eigenvalue weighted by atomic mass is 10.2. The van der Waals surface area contributed by atoms with Crippen LogP contribution >= 0.6 is 0 Å². The van der Waals surface area contributed by atoms with Gasteiger partial charge in [0.25, 0.3) is 5.91 Å². The van der Waals surface area contributed by atoms with Crippen LogP contribution in [-0.4, -0.2) is 24.0 Å². The number of rotatable bonds is 2. The molecule has 0 aliphatic carbocycles. The molecule has 1 aromatic carbocycles. The fourth-order valence-corrected chi connectivity index (χ4v) is 2.13. The van der Waals surface area contributed by atoms with Gasteiger partial charge in [0.1, 0.15) is 12.4 Å². The van der Waals surface area contributed by atoms with Crippen LogP contribution in [0.5, 0.6) is 5.75 Å². The number of hydrogen-bond donors (Lipinski definition) is 0. The molecular weight excluding hydrogens is 252 g/mol. The molecule has 4 heteroatoms. The Bertz CT molecular complexity index is 638. The molecule has 1 aromatic heterocycles. The molecule has 2 heterocycles. The van der Waals surface area contributed by atoms with Gasteiger partial charge in [-0.1, -0.05) is 12.1 Å². The standard InChI is InChI=1S/C16H14N2O2/c19-16(6-5-13-7-9-17-10-8-13)18-11-12-20-15-4-2-1-3-14(15)18/h1-10H,11-12H2/b6-5+. The number of hydrogen-bond acceptors (Lipinski definition) is 3. The highest BCUT2D eigenvalue weighted by atomic mass is 16.5. The average molecular weight is 266 g/mol. The monoisotopic (exact) mass is 266 g/mol. The summed E-state index contributed by atoms with van der Waals surface area (Å²) in [4.78, 5) is 18.0. The van der Waals surface area contributed by atoms with E-state index in [1.807, 2.05) is 36.4 Å². The van der Waals surface area contributed by atoms with E-state index < -0.39 is 0 Å². The van der Waals surface area contributed by atoms with Gasteiger partial charge in [0.2, 0.25) is 0 Å². The van der Waals surface area contributed by atoms with Crippen molar-refractivity contribution in [1.29, 1.82) is 0 Å². The lowest BCUT2D eigenvalue weighted by molar-refractivity contribution is -0.114. The summed E-state index contributed by atoms with van der Waals surface area (Å²) in [6.45, 7) is 1.09. The average Bonchev–Trinajstić information content (AvgIpc) is 2.53. The summed E-state index contributed by atoms with van der Waals surface area (Å²) in [6, 6.07) is 11.3. The van der Waals surface area contributed by atoms with Gasteiger partial charge >= 0.3 is 0 Å². The van der Waals surface area contributed by atoms with Crippen LogP contribution in [0.3, 0.4) is 0 Å². The molecule has 4 nitrogen and oxygen atoms in total. The van der Waals surface area contributed by atoms with Gasteiger partial charge in [-0.05, 0) is 35.9 Å². The van der Waals surface area contributed by atoms with Crippen molar-refractivity contribution in [2.75, 3.05) is 18.1 Å². The Kier molecular flexibility index (Phi) is 3.46. The SMILES string of the molecule is O=C(/C=C/c1ccncc1)N1CCOc2ccccc21. The predicted molar refractivity (Wildman–Crippen MR) is 77.6 cm³/mol. The Morgan fingerprint density at radius 1 is 1.20 bits per heavy atom. The first-order valence-electron chi connectivity index (χ1n) is 6.46. The molecule has 0 spiro atoms. The summed E-state index contributed by atoms with van der Waals surface area (Å²) in [7, 11) is 0. The Hall–Kier alpha value is -2.62. The van der Waals surface area contributed by atoms with Crippen molar-refractivity contribution in [3.05, 3.63) is 60.4 Å². The molecule has 0 radical (unpaired) electrons. The van der Waals surface area contributed by atoms with E-state index in [2.05, 4.69) is 4.98 Å². The Morgan fingerprint density at radius 3 is 2.85 bits per heavy atom. The maximum atomic E-state index is 12.3. The van der Waals surface area contributed by atoms with Crippen molar-refractivity contribution in [1.82, 2.24) is 4.98 Å². The number of carbonyl (C=O) groups is 1. The molecular formula is C16H14N2O2. The number of carbonyl (C=O) groups excluding carboxylic acids is 1. The van der Waals surface area contributed by atoms with E-state index in [1.165, 1.54) is 0 Å². The van der Waals surface area contributed by atoms with Gasteiger partial charge in [0.05, 0.1) is 12.2 Å². The number of anilines is 1. The summed E-state index contributed by atoms with van der Waals surface area (Å²) >= 11 is 0. The number of para-hydroxylation sites is 2. The lowest BCUT2D eigenvalue weighted by Gasteiger charge is -2.28. The second-order valence-corrected chi connectivity index (χ2v) is 4.42. The quantitative estimate of drug-likeness (QED) is 0.784. The zero-order valence-corrected chi connectivity index (χ0v) is 10.9. The molecule has 1 aliphatic heterocycles. The maximum Gasteiger partial charge on any atom is 0.251 e. The number of pyridine rings is 1. The van der Waals surface area contributed by atoms with Crippen LogP contribution in [-0.2, 0) is 4.79 Å². The number of aromatic nitrogens is 1. The molecule has 0 saturated heterocycles. The Morgan fingerprint density at radius 2 is 2.00 bits per heavy atom. The summed E-state index contributed by atoms with van der Waals surface area (Å²) in [6.07, 6.45) is 6.78. The van der Waals surface area contributed by atoms with E-state index in [0.29, 0.717) is 13.2 Å². The highest BCUT2D eigenvalue weighted by Crippen LogP contribution is 2.31. The minimum Gasteiger partial charge on any atom is -0.490 e. The molecule has 1 aliphatic rings. The lowest BCUT2D eigenvalue weighted by Crippen LogP contribution is -2.36. The Labute approximate surface area is 117 Å². The molecule has 0 saturated carbocycles. The molecule has 0 unspecified atom stereocenters. The number of ether oxygens (including phenoxy) is 1. The predicted octanol–water partition coefficient (Wildman–Crippen LogP) is 2.52. The third kappa shape index (κ3) is 2.54. The van der Waals surface area contributed by atoms with Crippen LogP contribution in [0.2, 0.25) is 0 Å². The zero-order chi connectivity index (χ0) is 13.8. The third-order valence-corrected chi connectivity index (χ3v) is 3.12. The van der Waals surface area contributed by atoms with Crippen molar-refractivity contribution in [2.24, 2.45) is 0 Å². The maximum absolute atomic E-state index is 12.3. The largest absolute Gasteiger partial charge is 0.490 e. The van der Waals surface area contributed by atoms with Crippen molar-refractivity contribution in [2.45, 2.75) is 0 Å². The second-order valence-electron chi connectivity index (χ2n) is 4.42. The first kappa shape index (κ1) is 12.4. The first-order valence-corrected chi connectivity index (χ1v) is 6.46. The molecule has 2 aromatic rings. The number of fused-ring (bicyclic) bond motifs is 1. The van der Waals surface area contributed by atoms with Crippen molar-refractivity contribution >= 4 is 17.7 Å². The second kappa shape index (κ2) is 5.57. The zero-order valence-electron chi connectivity index (χ0n) is 10.9. The number of benzene rings is 1. The molecule has 0 N–H and O–H groups in total. The molecule has 0 atom stereocenters. The summed E-state index contributed by atoms with van der Waals surface area (Å²) in [5.41, 5.74) is 1.78. The molecule has 20 heavy (non-hydrogen) atoms. The molecule has 0 fully saturated rings. The van der Waals surface area contributed by atoms with E-state index >= 15 is 0 Å². The third-order valence-electron chi connectivity index (χ3n) is 3.12. The summed E-state index contributed by atoms with van der Waals surface area (Å²) < 4.78 is 5.54. The van der Waals surface area contributed by atoms with Gasteiger partial charge in [-0.3, -0.25) is 9.78 Å². The van der Waals surface area contributed by atoms with E-state index in [-0.39, 0.29) is 5.91 Å². The van der Waals surface area contributed by atoms with Gasteiger partial charge in [-0.15, -0.1) is 0 Å². The minimum atomic E-state index is -0.0439. The van der Waals surface area contributed by atoms with Gasteiger partial charge < -0.3 is 9.64 Å². The molecule has 100 valence electrons. The van der Waals surface area contributed by atoms with E-state index in [0.717, 1.165) is 17.0 Å². The van der Waals surface area contributed by atoms with Gasteiger partial charge in [0.15, 0.2) is 0 Å². The normalized spacial score (nSPS) is 13.9. The van der Waals surface area contributed by atoms with Crippen LogP contribution in [0.4, 0.5) is 5.69 Å². The van der Waals surface area contributed by atoms with E-state index in [9.17, 15) is 4.79 Å². The van der Waals surface area contributed by atoms with Gasteiger partial charge in [0, 0.05) is 18.5 Å². The van der Waals surface area contributed by atoms with Gasteiger partial charge in [-0.2, -0.15) is 0 Å². The fourth-order valence-electron chi connectivity index (χ4n) is 2.13. The van der Waals surface area contributed by atoms with Crippen LogP contribution in [0, 0.1) is 0 Å². The number of amides is 1. The highest BCUT2D eigenvalue weighted by molar-refractivity contribution is 6.04. The van der Waals surface area contributed by atoms with Crippen LogP contribution in [0.25, 0.3) is 6.08 Å². The Balaban J connectivity index is 1.80. The highest BCUT2D eigenvalue weighted by Gasteiger charge is 2.21. The minimum absolute atomic E-state index is 0.0439.